The van der Waals surface area contributed by atoms with Crippen molar-refractivity contribution in [3.8, 4) is 0 Å². The molecule has 2 heterocycles. The van der Waals surface area contributed by atoms with Crippen LogP contribution in [0.1, 0.15) is 43.1 Å². The SMILES string of the molecule is O=C(COC1CCCCC1)N1CCO[C@@H](c2cccs2)C1. The number of nitrogens with zero attached hydrogens (tertiary/aromatic N) is 1. The summed E-state index contributed by atoms with van der Waals surface area (Å²) in [7, 11) is 0. The van der Waals surface area contributed by atoms with Crippen LogP contribution in [0, 0.1) is 0 Å². The van der Waals surface area contributed by atoms with Crippen molar-refractivity contribution in [3.05, 3.63) is 22.4 Å². The third-order valence-electron chi connectivity index (χ3n) is 4.27. The Morgan fingerprint density at radius 2 is 2.24 bits per heavy atom. The molecule has 4 nitrogen and oxygen atoms in total. The Labute approximate surface area is 130 Å². The number of amides is 1. The van der Waals surface area contributed by atoms with Gasteiger partial charge < -0.3 is 14.4 Å². The van der Waals surface area contributed by atoms with Crippen molar-refractivity contribution in [2.75, 3.05) is 26.3 Å². The largest absolute Gasteiger partial charge is 0.369 e. The molecule has 116 valence electrons. The lowest BCUT2D eigenvalue weighted by Crippen LogP contribution is -2.44. The summed E-state index contributed by atoms with van der Waals surface area (Å²) in [6.45, 7) is 2.15. The molecule has 5 heteroatoms. The van der Waals surface area contributed by atoms with Gasteiger partial charge in [0.25, 0.3) is 0 Å². The first-order valence-corrected chi connectivity index (χ1v) is 8.75. The zero-order valence-electron chi connectivity index (χ0n) is 12.3. The molecule has 1 aromatic rings. The van der Waals surface area contributed by atoms with Gasteiger partial charge in [0.2, 0.25) is 5.91 Å². The molecular formula is C16H23NO3S. The summed E-state index contributed by atoms with van der Waals surface area (Å²) in [5.41, 5.74) is 0. The Kier molecular flexibility index (Phi) is 5.27. The summed E-state index contributed by atoms with van der Waals surface area (Å²) >= 11 is 1.69. The average Bonchev–Trinajstić information content (AvgIpc) is 3.08. The van der Waals surface area contributed by atoms with E-state index in [4.69, 9.17) is 9.47 Å². The van der Waals surface area contributed by atoms with Crippen LogP contribution < -0.4 is 0 Å². The standard InChI is InChI=1S/C16H23NO3S/c18-16(12-20-13-5-2-1-3-6-13)17-8-9-19-14(11-17)15-7-4-10-21-15/h4,7,10,13-14H,1-3,5-6,8-9,11-12H2/t14-/m1/s1. The van der Waals surface area contributed by atoms with Crippen LogP contribution in [-0.4, -0.2) is 43.2 Å². The number of ether oxygens (including phenoxy) is 2. The summed E-state index contributed by atoms with van der Waals surface area (Å²) < 4.78 is 11.6. The van der Waals surface area contributed by atoms with Gasteiger partial charge in [0, 0.05) is 11.4 Å². The number of hydrogen-bond acceptors (Lipinski definition) is 4. The van der Waals surface area contributed by atoms with Gasteiger partial charge in [0.1, 0.15) is 12.7 Å². The Bertz CT molecular complexity index is 442. The molecule has 0 N–H and O–H groups in total. The van der Waals surface area contributed by atoms with E-state index in [-0.39, 0.29) is 24.7 Å². The smallest absolute Gasteiger partial charge is 0.248 e. The minimum Gasteiger partial charge on any atom is -0.369 e. The molecule has 0 bridgehead atoms. The van der Waals surface area contributed by atoms with Gasteiger partial charge in [-0.25, -0.2) is 0 Å². The molecule has 1 saturated heterocycles. The number of thiophene rings is 1. The molecule has 2 fully saturated rings. The lowest BCUT2D eigenvalue weighted by Gasteiger charge is -2.33. The molecular weight excluding hydrogens is 286 g/mol. The molecule has 2 aliphatic rings. The monoisotopic (exact) mass is 309 g/mol. The number of carbonyl (C=O) groups excluding carboxylic acids is 1. The van der Waals surface area contributed by atoms with Crippen molar-refractivity contribution in [1.82, 2.24) is 4.90 Å². The predicted octanol–water partition coefficient (Wildman–Crippen LogP) is 3.00. The molecule has 1 aromatic heterocycles. The predicted molar refractivity (Wildman–Crippen MR) is 82.4 cm³/mol. The molecule has 1 amide bonds. The molecule has 1 atom stereocenters. The van der Waals surface area contributed by atoms with Crippen LogP contribution in [0.4, 0.5) is 0 Å². The van der Waals surface area contributed by atoms with Crippen molar-refractivity contribution in [2.24, 2.45) is 0 Å². The minimum atomic E-state index is 0.0254. The van der Waals surface area contributed by atoms with E-state index >= 15 is 0 Å². The lowest BCUT2D eigenvalue weighted by atomic mass is 9.98. The van der Waals surface area contributed by atoms with Gasteiger partial charge in [0.15, 0.2) is 0 Å². The fourth-order valence-electron chi connectivity index (χ4n) is 3.03. The lowest BCUT2D eigenvalue weighted by molar-refractivity contribution is -0.146. The van der Waals surface area contributed by atoms with Crippen LogP contribution >= 0.6 is 11.3 Å². The summed E-state index contributed by atoms with van der Waals surface area (Å²) in [6, 6.07) is 4.10. The molecule has 21 heavy (non-hydrogen) atoms. The zero-order chi connectivity index (χ0) is 14.5. The van der Waals surface area contributed by atoms with Gasteiger partial charge in [-0.1, -0.05) is 25.3 Å². The molecule has 1 aliphatic carbocycles. The van der Waals surface area contributed by atoms with E-state index in [0.717, 1.165) is 12.8 Å². The highest BCUT2D eigenvalue weighted by Crippen LogP contribution is 2.26. The van der Waals surface area contributed by atoms with Crippen LogP contribution in [0.5, 0.6) is 0 Å². The third-order valence-corrected chi connectivity index (χ3v) is 5.24. The van der Waals surface area contributed by atoms with Gasteiger partial charge in [-0.15, -0.1) is 11.3 Å². The van der Waals surface area contributed by atoms with Crippen LogP contribution in [0.3, 0.4) is 0 Å². The van der Waals surface area contributed by atoms with E-state index in [0.29, 0.717) is 19.7 Å². The Morgan fingerprint density at radius 1 is 1.38 bits per heavy atom. The summed E-state index contributed by atoms with van der Waals surface area (Å²) in [4.78, 5) is 15.4. The minimum absolute atomic E-state index is 0.0254. The van der Waals surface area contributed by atoms with Crippen molar-refractivity contribution in [3.63, 3.8) is 0 Å². The maximum Gasteiger partial charge on any atom is 0.248 e. The van der Waals surface area contributed by atoms with Gasteiger partial charge in [-0.2, -0.15) is 0 Å². The maximum absolute atomic E-state index is 12.3. The first kappa shape index (κ1) is 15.0. The highest BCUT2D eigenvalue weighted by Gasteiger charge is 2.26. The summed E-state index contributed by atoms with van der Waals surface area (Å²) in [5.74, 6) is 0.102. The number of morpholine rings is 1. The third kappa shape index (κ3) is 4.05. The molecule has 1 saturated carbocycles. The maximum atomic E-state index is 12.3. The van der Waals surface area contributed by atoms with E-state index in [1.807, 2.05) is 16.3 Å². The second kappa shape index (κ2) is 7.38. The number of rotatable bonds is 4. The van der Waals surface area contributed by atoms with E-state index in [2.05, 4.69) is 6.07 Å². The van der Waals surface area contributed by atoms with Crippen molar-refractivity contribution >= 4 is 17.2 Å². The fourth-order valence-corrected chi connectivity index (χ4v) is 3.80. The highest BCUT2D eigenvalue weighted by molar-refractivity contribution is 7.10. The second-order valence-corrected chi connectivity index (χ2v) is 6.76. The van der Waals surface area contributed by atoms with Gasteiger partial charge in [-0.3, -0.25) is 4.79 Å². The molecule has 0 radical (unpaired) electrons. The Hall–Kier alpha value is -0.910. The first-order chi connectivity index (χ1) is 10.3. The van der Waals surface area contributed by atoms with Crippen LogP contribution in [-0.2, 0) is 14.3 Å². The van der Waals surface area contributed by atoms with Gasteiger partial charge in [0.05, 0.1) is 19.3 Å². The highest BCUT2D eigenvalue weighted by atomic mass is 32.1. The summed E-state index contributed by atoms with van der Waals surface area (Å²) in [6.07, 6.45) is 6.30. The number of carbonyl (C=O) groups is 1. The normalized spacial score (nSPS) is 24.2. The fraction of sp³-hybridized carbons (Fsp3) is 0.688. The molecule has 0 unspecified atom stereocenters. The van der Waals surface area contributed by atoms with Gasteiger partial charge >= 0.3 is 0 Å². The van der Waals surface area contributed by atoms with Crippen molar-refractivity contribution < 1.29 is 14.3 Å². The number of hydrogen-bond donors (Lipinski definition) is 0. The average molecular weight is 309 g/mol. The molecule has 1 aliphatic heterocycles. The van der Waals surface area contributed by atoms with Crippen LogP contribution in [0.2, 0.25) is 0 Å². The van der Waals surface area contributed by atoms with E-state index < -0.39 is 0 Å². The van der Waals surface area contributed by atoms with Crippen LogP contribution in [0.25, 0.3) is 0 Å². The quantitative estimate of drug-likeness (QED) is 0.858. The first-order valence-electron chi connectivity index (χ1n) is 7.87. The van der Waals surface area contributed by atoms with E-state index in [1.165, 1.54) is 24.1 Å². The van der Waals surface area contributed by atoms with Crippen molar-refractivity contribution in [2.45, 2.75) is 44.3 Å². The zero-order valence-corrected chi connectivity index (χ0v) is 13.1. The summed E-state index contributed by atoms with van der Waals surface area (Å²) in [5, 5.41) is 2.05. The molecule has 0 spiro atoms. The molecule has 3 rings (SSSR count). The molecule has 0 aromatic carbocycles. The topological polar surface area (TPSA) is 38.8 Å². The van der Waals surface area contributed by atoms with Crippen molar-refractivity contribution in [1.29, 1.82) is 0 Å². The van der Waals surface area contributed by atoms with E-state index in [1.54, 1.807) is 11.3 Å². The Morgan fingerprint density at radius 3 is 3.00 bits per heavy atom. The van der Waals surface area contributed by atoms with Crippen LogP contribution in [0.15, 0.2) is 17.5 Å². The second-order valence-electron chi connectivity index (χ2n) is 5.79. The van der Waals surface area contributed by atoms with Gasteiger partial charge in [-0.05, 0) is 24.3 Å². The van der Waals surface area contributed by atoms with E-state index in [9.17, 15) is 4.79 Å². The Balaban J connectivity index is 1.47.